The number of likely N-dealkylation sites (tertiary alicyclic amines) is 1. The maximum absolute atomic E-state index is 10.9. The Kier molecular flexibility index (Phi) is 42.7. The van der Waals surface area contributed by atoms with Gasteiger partial charge in [0.15, 0.2) is 0 Å². The predicted octanol–water partition coefficient (Wildman–Crippen LogP) is 7.31. The van der Waals surface area contributed by atoms with Crippen LogP contribution in [0.2, 0.25) is 0 Å². The summed E-state index contributed by atoms with van der Waals surface area (Å²) < 4.78 is 1.53. The number of hydrogen-bond acceptors (Lipinski definition) is 10. The number of likely N-dealkylation sites (N-methyl/N-ethyl adjacent to an activating group) is 5. The molecule has 20 heteroatoms. The number of aryl methyl sites for hydroxylation is 1. The van der Waals surface area contributed by atoms with Crippen LogP contribution >= 0.6 is 0 Å². The number of allylic oxidation sites excluding steroid dienone is 6. The van der Waals surface area contributed by atoms with Crippen LogP contribution < -0.4 is 5.56 Å². The van der Waals surface area contributed by atoms with Crippen molar-refractivity contribution in [1.29, 1.82) is 0 Å². The molecule has 86 heavy (non-hydrogen) atoms. The molecule has 9 amide bonds. The second-order valence-corrected chi connectivity index (χ2v) is 20.9. The molecule has 0 N–H and O–H groups in total. The molecule has 476 valence electrons. The molecule has 0 aliphatic carbocycles. The van der Waals surface area contributed by atoms with E-state index in [0.29, 0.717) is 44.6 Å². The van der Waals surface area contributed by atoms with Crippen molar-refractivity contribution < 1.29 is 43.2 Å². The lowest BCUT2D eigenvalue weighted by Crippen LogP contribution is -2.31. The highest BCUT2D eigenvalue weighted by Gasteiger charge is 2.14. The van der Waals surface area contributed by atoms with Crippen LogP contribution in [0.5, 0.6) is 0 Å². The van der Waals surface area contributed by atoms with Gasteiger partial charge in [0.1, 0.15) is 0 Å². The second kappa shape index (κ2) is 47.1. The average molecular weight is 1200 g/mol. The zero-order chi connectivity index (χ0) is 63.4. The number of hydrogen-bond donors (Lipinski definition) is 0. The van der Waals surface area contributed by atoms with Crippen molar-refractivity contribution in [1.82, 2.24) is 48.7 Å². The molecular weight excluding hydrogens is 1090 g/mol. The van der Waals surface area contributed by atoms with E-state index in [-0.39, 0.29) is 60.2 Å². The summed E-state index contributed by atoms with van der Waals surface area (Å²) in [6.45, 7) is 5.86. The molecule has 0 unspecified atom stereocenters. The van der Waals surface area contributed by atoms with Gasteiger partial charge < -0.3 is 48.7 Å². The number of rotatable bonds is 0. The van der Waals surface area contributed by atoms with E-state index < -0.39 is 0 Å². The van der Waals surface area contributed by atoms with E-state index in [1.54, 1.807) is 109 Å². The molecule has 1 aromatic rings. The molecule has 10 rings (SSSR count). The van der Waals surface area contributed by atoms with E-state index >= 15 is 0 Å². The van der Waals surface area contributed by atoms with Gasteiger partial charge in [0.05, 0.1) is 0 Å². The van der Waals surface area contributed by atoms with Gasteiger partial charge in [-0.05, 0) is 82.4 Å². The van der Waals surface area contributed by atoms with Gasteiger partial charge in [-0.3, -0.25) is 47.9 Å². The molecule has 0 atom stereocenters. The minimum absolute atomic E-state index is 0. The number of pyridine rings is 1. The fourth-order valence-electron chi connectivity index (χ4n) is 7.60. The molecule has 9 aliphatic rings. The molecule has 1 aromatic heterocycles. The van der Waals surface area contributed by atoms with Crippen LogP contribution in [0, 0.1) is 0 Å². The Labute approximate surface area is 513 Å². The van der Waals surface area contributed by atoms with Crippen LogP contribution in [0.25, 0.3) is 0 Å². The SMILES string of the molecule is C.CN1C=CCCC1=O.CN1C=CCCCC1=O.CN1CC=CC=CC1=O.CN1CC=CCC1=O.CN1CC=CCCC1=O.CN1CCC=CC1=O.CN1CCC=CCC1=O.CN1CCCC=CC1=O.CN1CCCCC1=O.Cn1ccccc1=O. The number of nitrogens with zero attached hydrogens (tertiary/aromatic N) is 10. The number of aromatic nitrogens is 1. The van der Waals surface area contributed by atoms with Crippen molar-refractivity contribution in [2.24, 2.45) is 7.05 Å². The maximum Gasteiger partial charge on any atom is 0.250 e. The predicted molar refractivity (Wildman–Crippen MR) is 344 cm³/mol. The third kappa shape index (κ3) is 37.2. The zero-order valence-electron chi connectivity index (χ0n) is 52.5. The van der Waals surface area contributed by atoms with E-state index in [1.165, 1.54) is 17.1 Å². The van der Waals surface area contributed by atoms with Crippen molar-refractivity contribution in [3.63, 3.8) is 0 Å². The minimum atomic E-state index is 0. The molecule has 20 nitrogen and oxygen atoms in total. The van der Waals surface area contributed by atoms with Gasteiger partial charge in [-0.15, -0.1) is 0 Å². The normalized spacial score (nSPS) is 18.7. The standard InChI is InChI=1S/4C7H11NO.C7H9NO.C6H11NO.3C6H9NO.C6H7NO.CH4/c5*1-8-6-4-2-3-5-7(8)9;5*1-7-5-3-2-4-6(7)8;/h4,6H,2-3,5H2,1H3;3,5H,2,4,6H2,1H3;2,4H,3,5-6H2,1H3;2-3H,4-6H2,1H3;2-5H,6H2,1H3;2-5H2,1H3;3,5H,2,4H2,1H3;2,4H,3,5H2,1H3;2-3H,4-5H2,1H3;2-5H,1H3;1H4. The van der Waals surface area contributed by atoms with E-state index in [1.807, 2.05) is 122 Å². The van der Waals surface area contributed by atoms with Gasteiger partial charge in [0.2, 0.25) is 58.7 Å². The molecule has 0 radical (unpaired) electrons. The third-order valence-corrected chi connectivity index (χ3v) is 13.6. The topological polar surface area (TPSA) is 205 Å². The molecule has 1 saturated heterocycles. The van der Waals surface area contributed by atoms with E-state index in [0.717, 1.165) is 103 Å². The van der Waals surface area contributed by atoms with Gasteiger partial charge in [-0.25, -0.2) is 0 Å². The molecular formula is C66H102N10O10. The van der Waals surface area contributed by atoms with Crippen LogP contribution in [0.3, 0.4) is 0 Å². The van der Waals surface area contributed by atoms with Crippen molar-refractivity contribution in [2.45, 2.75) is 110 Å². The maximum atomic E-state index is 10.9. The minimum Gasteiger partial charge on any atom is -0.346 e. The fraction of sp³-hybridized carbons (Fsp3) is 0.515. The average Bonchev–Trinajstić information content (AvgIpc) is 4.10. The summed E-state index contributed by atoms with van der Waals surface area (Å²) in [5.41, 5.74) is 0.0347. The summed E-state index contributed by atoms with van der Waals surface area (Å²) in [4.78, 5) is 123. The van der Waals surface area contributed by atoms with Gasteiger partial charge in [0.25, 0.3) is 0 Å². The van der Waals surface area contributed by atoms with E-state index in [2.05, 4.69) is 12.2 Å². The largest absolute Gasteiger partial charge is 0.346 e. The number of carbonyl (C=O) groups excluding carboxylic acids is 9. The first-order chi connectivity index (χ1) is 40.5. The molecule has 9 aliphatic heterocycles. The quantitative estimate of drug-likeness (QED) is 0.237. The Hall–Kier alpha value is -8.16. The Morgan fingerprint density at radius 1 is 0.326 bits per heavy atom. The summed E-state index contributed by atoms with van der Waals surface area (Å²) >= 11 is 0. The van der Waals surface area contributed by atoms with Crippen molar-refractivity contribution in [3.8, 4) is 0 Å². The molecule has 10 heterocycles. The first-order valence-corrected chi connectivity index (χ1v) is 29.3. The van der Waals surface area contributed by atoms with E-state index in [9.17, 15) is 47.9 Å². The highest BCUT2D eigenvalue weighted by molar-refractivity contribution is 5.89. The smallest absolute Gasteiger partial charge is 0.250 e. The molecule has 0 aromatic carbocycles. The second-order valence-electron chi connectivity index (χ2n) is 20.9. The van der Waals surface area contributed by atoms with Crippen molar-refractivity contribution >= 4 is 53.2 Å². The van der Waals surface area contributed by atoms with Gasteiger partial charge in [0, 0.05) is 186 Å². The monoisotopic (exact) mass is 1190 g/mol. The van der Waals surface area contributed by atoms with Crippen LogP contribution in [0.1, 0.15) is 110 Å². The fourth-order valence-corrected chi connectivity index (χ4v) is 7.60. The molecule has 1 fully saturated rings. The van der Waals surface area contributed by atoms with Crippen molar-refractivity contribution in [3.05, 3.63) is 144 Å². The van der Waals surface area contributed by atoms with Crippen molar-refractivity contribution in [2.75, 3.05) is 109 Å². The highest BCUT2D eigenvalue weighted by Crippen LogP contribution is 2.09. The first-order valence-electron chi connectivity index (χ1n) is 29.3. The lowest BCUT2D eigenvalue weighted by molar-refractivity contribution is -0.132. The summed E-state index contributed by atoms with van der Waals surface area (Å²) in [7, 11) is 18.1. The molecule has 0 saturated carbocycles. The zero-order valence-corrected chi connectivity index (χ0v) is 52.5. The molecule has 0 spiro atoms. The summed E-state index contributed by atoms with van der Waals surface area (Å²) in [5.74, 6) is 1.76. The van der Waals surface area contributed by atoms with Gasteiger partial charge in [-0.2, -0.15) is 0 Å². The lowest BCUT2D eigenvalue weighted by Gasteiger charge is -2.21. The van der Waals surface area contributed by atoms with Crippen LogP contribution in [0.4, 0.5) is 0 Å². The Balaban J connectivity index is 0.000000933. The van der Waals surface area contributed by atoms with Crippen LogP contribution in [-0.4, -0.2) is 211 Å². The van der Waals surface area contributed by atoms with Crippen LogP contribution in [-0.2, 0) is 50.2 Å². The van der Waals surface area contributed by atoms with E-state index in [4.69, 9.17) is 0 Å². The van der Waals surface area contributed by atoms with Gasteiger partial charge >= 0.3 is 0 Å². The Bertz CT molecular complexity index is 2590. The number of carbonyl (C=O) groups is 9. The van der Waals surface area contributed by atoms with Gasteiger partial charge in [-0.1, -0.05) is 92.5 Å². The molecule has 0 bridgehead atoms. The third-order valence-electron chi connectivity index (χ3n) is 13.6. The number of piperidine rings is 1. The summed E-state index contributed by atoms with van der Waals surface area (Å²) in [6.07, 6.45) is 49.9. The van der Waals surface area contributed by atoms with Crippen LogP contribution in [0.15, 0.2) is 139 Å². The highest BCUT2D eigenvalue weighted by atomic mass is 16.2. The lowest BCUT2D eigenvalue weighted by atomic mass is 10.1. The number of amides is 9. The summed E-state index contributed by atoms with van der Waals surface area (Å²) in [5, 5.41) is 0. The Morgan fingerprint density at radius 2 is 0.779 bits per heavy atom. The summed E-state index contributed by atoms with van der Waals surface area (Å²) in [6, 6.07) is 5.07. The Morgan fingerprint density at radius 3 is 1.35 bits per heavy atom. The first kappa shape index (κ1) is 77.8.